The van der Waals surface area contributed by atoms with E-state index in [0.717, 1.165) is 0 Å². The molecule has 0 radical (unpaired) electrons. The molecular formula is C16H17NO5. The molecule has 0 saturated carbocycles. The maximum Gasteiger partial charge on any atom is 0.307 e. The molecule has 6 heteroatoms. The molecule has 1 aliphatic heterocycles. The topological polar surface area (TPSA) is 84.9 Å². The van der Waals surface area contributed by atoms with E-state index in [1.54, 1.807) is 18.2 Å². The summed E-state index contributed by atoms with van der Waals surface area (Å²) in [5.41, 5.74) is 0.577. The first-order valence-electron chi connectivity index (χ1n) is 7.23. The summed E-state index contributed by atoms with van der Waals surface area (Å²) in [6, 6.07) is 5.15. The van der Waals surface area contributed by atoms with Gasteiger partial charge in [-0.25, -0.2) is 0 Å². The quantitative estimate of drug-likeness (QED) is 0.835. The molecule has 2 N–H and O–H groups in total. The number of hydrogen-bond acceptors (Lipinski definition) is 4. The molecule has 3 rings (SSSR count). The molecular weight excluding hydrogens is 286 g/mol. The highest BCUT2D eigenvalue weighted by Crippen LogP contribution is 2.33. The zero-order valence-corrected chi connectivity index (χ0v) is 12.0. The Morgan fingerprint density at radius 2 is 1.73 bits per heavy atom. The highest BCUT2D eigenvalue weighted by molar-refractivity contribution is 5.95. The first kappa shape index (κ1) is 14.4. The van der Waals surface area contributed by atoms with E-state index < -0.39 is 17.8 Å². The van der Waals surface area contributed by atoms with Crippen LogP contribution < -0.4 is 14.8 Å². The van der Waals surface area contributed by atoms with Crippen molar-refractivity contribution in [3.63, 3.8) is 0 Å². The standard InChI is InChI=1S/C16H17NO5/c18-15(11-3-1-2-4-12(11)16(19)20)17-10-5-6-13-14(9-10)22-8-7-21-13/h1-2,5-6,9,11-12H,3-4,7-8H2,(H,17,18)(H,19,20)/t11-,12-/m0/s1. The molecule has 6 nitrogen and oxygen atoms in total. The molecule has 22 heavy (non-hydrogen) atoms. The Labute approximate surface area is 127 Å². The number of allylic oxidation sites excluding steroid dienone is 2. The number of rotatable bonds is 3. The lowest BCUT2D eigenvalue weighted by molar-refractivity contribution is -0.146. The Morgan fingerprint density at radius 1 is 1.05 bits per heavy atom. The molecule has 2 atom stereocenters. The smallest absolute Gasteiger partial charge is 0.307 e. The minimum absolute atomic E-state index is 0.284. The normalized spacial score (nSPS) is 22.9. The van der Waals surface area contributed by atoms with Crippen molar-refractivity contribution in [3.05, 3.63) is 30.4 Å². The van der Waals surface area contributed by atoms with Crippen LogP contribution in [0, 0.1) is 11.8 Å². The predicted molar refractivity (Wildman–Crippen MR) is 79.1 cm³/mol. The summed E-state index contributed by atoms with van der Waals surface area (Å²) in [5, 5.41) is 12.0. The van der Waals surface area contributed by atoms with Gasteiger partial charge in [-0.05, 0) is 25.0 Å². The van der Waals surface area contributed by atoms with Gasteiger partial charge in [-0.15, -0.1) is 0 Å². The van der Waals surface area contributed by atoms with Gasteiger partial charge in [0.15, 0.2) is 11.5 Å². The number of aliphatic carboxylic acids is 1. The van der Waals surface area contributed by atoms with E-state index in [2.05, 4.69) is 5.32 Å². The summed E-state index contributed by atoms with van der Waals surface area (Å²) >= 11 is 0. The third kappa shape index (κ3) is 2.90. The number of carbonyl (C=O) groups is 2. The van der Waals surface area contributed by atoms with Crippen LogP contribution in [0.5, 0.6) is 11.5 Å². The predicted octanol–water partition coefficient (Wildman–Crippen LogP) is 2.06. The Bertz CT molecular complexity index is 625. The highest BCUT2D eigenvalue weighted by atomic mass is 16.6. The Hall–Kier alpha value is -2.50. The molecule has 116 valence electrons. The fraction of sp³-hybridized carbons (Fsp3) is 0.375. The van der Waals surface area contributed by atoms with Crippen LogP contribution in [-0.4, -0.2) is 30.2 Å². The van der Waals surface area contributed by atoms with Crippen molar-refractivity contribution in [3.8, 4) is 11.5 Å². The first-order valence-corrected chi connectivity index (χ1v) is 7.23. The average Bonchev–Trinajstić information content (AvgIpc) is 2.54. The van der Waals surface area contributed by atoms with Crippen molar-refractivity contribution in [2.75, 3.05) is 18.5 Å². The van der Waals surface area contributed by atoms with Crippen LogP contribution in [0.1, 0.15) is 12.8 Å². The molecule has 0 aromatic heterocycles. The second-order valence-electron chi connectivity index (χ2n) is 5.34. The van der Waals surface area contributed by atoms with Gasteiger partial charge < -0.3 is 19.9 Å². The maximum atomic E-state index is 12.4. The molecule has 0 bridgehead atoms. The monoisotopic (exact) mass is 303 g/mol. The third-order valence-electron chi connectivity index (χ3n) is 3.90. The molecule has 1 aromatic carbocycles. The van der Waals surface area contributed by atoms with Crippen LogP contribution in [0.3, 0.4) is 0 Å². The lowest BCUT2D eigenvalue weighted by Gasteiger charge is -2.24. The molecule has 1 aromatic rings. The lowest BCUT2D eigenvalue weighted by Crippen LogP contribution is -2.34. The van der Waals surface area contributed by atoms with Crippen molar-refractivity contribution in [2.24, 2.45) is 11.8 Å². The molecule has 0 saturated heterocycles. The van der Waals surface area contributed by atoms with Crippen LogP contribution in [0.2, 0.25) is 0 Å². The van der Waals surface area contributed by atoms with E-state index in [9.17, 15) is 14.7 Å². The summed E-state index contributed by atoms with van der Waals surface area (Å²) in [7, 11) is 0. The van der Waals surface area contributed by atoms with Gasteiger partial charge in [0.05, 0.1) is 11.8 Å². The lowest BCUT2D eigenvalue weighted by atomic mass is 9.82. The van der Waals surface area contributed by atoms with E-state index >= 15 is 0 Å². The number of anilines is 1. The summed E-state index contributed by atoms with van der Waals surface area (Å²) in [6.07, 6.45) is 4.49. The zero-order valence-electron chi connectivity index (χ0n) is 12.0. The highest BCUT2D eigenvalue weighted by Gasteiger charge is 2.34. The van der Waals surface area contributed by atoms with Crippen molar-refractivity contribution in [1.29, 1.82) is 0 Å². The Morgan fingerprint density at radius 3 is 2.45 bits per heavy atom. The number of carboxylic acid groups (broad SMARTS) is 1. The molecule has 0 fully saturated rings. The first-order chi connectivity index (χ1) is 10.6. The zero-order chi connectivity index (χ0) is 15.5. The van der Waals surface area contributed by atoms with Gasteiger partial charge >= 0.3 is 5.97 Å². The fourth-order valence-corrected chi connectivity index (χ4v) is 2.73. The molecule has 1 amide bonds. The van der Waals surface area contributed by atoms with Crippen LogP contribution in [0.4, 0.5) is 5.69 Å². The van der Waals surface area contributed by atoms with Crippen LogP contribution >= 0.6 is 0 Å². The van der Waals surface area contributed by atoms with Gasteiger partial charge in [0.1, 0.15) is 13.2 Å². The molecule has 1 heterocycles. The average molecular weight is 303 g/mol. The van der Waals surface area contributed by atoms with Crippen molar-refractivity contribution < 1.29 is 24.2 Å². The number of nitrogens with one attached hydrogen (secondary N) is 1. The van der Waals surface area contributed by atoms with Gasteiger partial charge in [-0.1, -0.05) is 12.2 Å². The summed E-state index contributed by atoms with van der Waals surface area (Å²) in [6.45, 7) is 0.978. The van der Waals surface area contributed by atoms with E-state index in [4.69, 9.17) is 9.47 Å². The molecule has 0 unspecified atom stereocenters. The van der Waals surface area contributed by atoms with Crippen molar-refractivity contribution in [1.82, 2.24) is 0 Å². The third-order valence-corrected chi connectivity index (χ3v) is 3.90. The van der Waals surface area contributed by atoms with Gasteiger partial charge in [0, 0.05) is 11.8 Å². The van der Waals surface area contributed by atoms with E-state index in [0.29, 0.717) is 43.2 Å². The second kappa shape index (κ2) is 6.09. The largest absolute Gasteiger partial charge is 0.486 e. The van der Waals surface area contributed by atoms with Gasteiger partial charge in [-0.3, -0.25) is 9.59 Å². The van der Waals surface area contributed by atoms with Crippen LogP contribution in [0.15, 0.2) is 30.4 Å². The van der Waals surface area contributed by atoms with Gasteiger partial charge in [0.2, 0.25) is 5.91 Å². The van der Waals surface area contributed by atoms with E-state index in [1.807, 2.05) is 12.2 Å². The number of fused-ring (bicyclic) bond motifs is 1. The van der Waals surface area contributed by atoms with Crippen molar-refractivity contribution in [2.45, 2.75) is 12.8 Å². The van der Waals surface area contributed by atoms with Gasteiger partial charge in [0.25, 0.3) is 0 Å². The molecule has 1 aliphatic carbocycles. The molecule has 0 spiro atoms. The summed E-state index contributed by atoms with van der Waals surface area (Å²) in [5.74, 6) is -1.23. The van der Waals surface area contributed by atoms with Crippen LogP contribution in [-0.2, 0) is 9.59 Å². The van der Waals surface area contributed by atoms with E-state index in [-0.39, 0.29) is 5.91 Å². The molecule has 2 aliphatic rings. The van der Waals surface area contributed by atoms with Crippen LogP contribution in [0.25, 0.3) is 0 Å². The minimum Gasteiger partial charge on any atom is -0.486 e. The number of hydrogen-bond donors (Lipinski definition) is 2. The van der Waals surface area contributed by atoms with Gasteiger partial charge in [-0.2, -0.15) is 0 Å². The maximum absolute atomic E-state index is 12.4. The number of ether oxygens (including phenoxy) is 2. The second-order valence-corrected chi connectivity index (χ2v) is 5.34. The number of benzene rings is 1. The number of carboxylic acids is 1. The number of amides is 1. The minimum atomic E-state index is -0.938. The number of carbonyl (C=O) groups excluding carboxylic acids is 1. The van der Waals surface area contributed by atoms with Crippen molar-refractivity contribution >= 4 is 17.6 Å². The Balaban J connectivity index is 1.73. The Kier molecular flexibility index (Phi) is 4.00. The fourth-order valence-electron chi connectivity index (χ4n) is 2.73. The SMILES string of the molecule is O=C(O)[C@H]1CC=CC[C@@H]1C(=O)Nc1ccc2c(c1)OCCO2. The van der Waals surface area contributed by atoms with E-state index in [1.165, 1.54) is 0 Å². The summed E-state index contributed by atoms with van der Waals surface area (Å²) < 4.78 is 10.9. The summed E-state index contributed by atoms with van der Waals surface area (Å²) in [4.78, 5) is 23.6.